The number of nitrogens with one attached hydrogen (secondary N) is 1. The van der Waals surface area contributed by atoms with Crippen molar-refractivity contribution in [1.82, 2.24) is 4.72 Å². The Hall–Kier alpha value is -1.42. The molecule has 0 unspecified atom stereocenters. The highest BCUT2D eigenvalue weighted by molar-refractivity contribution is 7.89. The maximum atomic E-state index is 12.0. The van der Waals surface area contributed by atoms with Crippen molar-refractivity contribution in [2.75, 3.05) is 6.61 Å². The Labute approximate surface area is 107 Å². The van der Waals surface area contributed by atoms with Gasteiger partial charge in [0.25, 0.3) is 0 Å². The van der Waals surface area contributed by atoms with Crippen LogP contribution in [0.2, 0.25) is 0 Å². The van der Waals surface area contributed by atoms with E-state index in [1.165, 1.54) is 24.3 Å². The number of nitriles is 1. The second kappa shape index (κ2) is 5.96. The second-order valence-electron chi connectivity index (χ2n) is 4.29. The van der Waals surface area contributed by atoms with Crippen LogP contribution in [0.5, 0.6) is 0 Å². The van der Waals surface area contributed by atoms with Crippen molar-refractivity contribution in [3.63, 3.8) is 0 Å². The van der Waals surface area contributed by atoms with Gasteiger partial charge >= 0.3 is 0 Å². The summed E-state index contributed by atoms with van der Waals surface area (Å²) in [5.41, 5.74) is 0.281. The maximum absolute atomic E-state index is 12.0. The molecule has 0 radical (unpaired) electrons. The average Bonchev–Trinajstić information content (AvgIpc) is 2.35. The molecule has 0 aromatic heterocycles. The van der Waals surface area contributed by atoms with Gasteiger partial charge in [-0.2, -0.15) is 5.26 Å². The molecule has 0 fully saturated rings. The Morgan fingerprint density at radius 1 is 1.44 bits per heavy atom. The summed E-state index contributed by atoms with van der Waals surface area (Å²) in [6, 6.07) is 7.11. The molecular weight excluding hydrogens is 252 g/mol. The van der Waals surface area contributed by atoms with Gasteiger partial charge in [-0.3, -0.25) is 0 Å². The van der Waals surface area contributed by atoms with Gasteiger partial charge in [0.1, 0.15) is 0 Å². The number of hydrogen-bond donors (Lipinski definition) is 2. The normalized spacial score (nSPS) is 13.3. The number of hydrogen-bond acceptors (Lipinski definition) is 4. The number of nitrogens with zero attached hydrogens (tertiary/aromatic N) is 1. The molecule has 5 nitrogen and oxygen atoms in total. The quantitative estimate of drug-likeness (QED) is 0.828. The Bertz CT molecular complexity index is 547. The molecule has 1 aromatic rings. The van der Waals surface area contributed by atoms with E-state index in [-0.39, 0.29) is 23.0 Å². The minimum atomic E-state index is -3.71. The lowest BCUT2D eigenvalue weighted by molar-refractivity contribution is 0.227. The summed E-state index contributed by atoms with van der Waals surface area (Å²) in [5.74, 6) is -0.0241. The topological polar surface area (TPSA) is 90.2 Å². The predicted molar refractivity (Wildman–Crippen MR) is 67.2 cm³/mol. The Morgan fingerprint density at radius 3 is 2.61 bits per heavy atom. The lowest BCUT2D eigenvalue weighted by Crippen LogP contribution is -2.41. The first-order valence-electron chi connectivity index (χ1n) is 5.54. The zero-order valence-electron chi connectivity index (χ0n) is 10.3. The van der Waals surface area contributed by atoms with E-state index in [0.29, 0.717) is 0 Å². The highest BCUT2D eigenvalue weighted by Gasteiger charge is 2.21. The van der Waals surface area contributed by atoms with Crippen LogP contribution in [0.1, 0.15) is 19.4 Å². The summed E-state index contributed by atoms with van der Waals surface area (Å²) >= 11 is 0. The van der Waals surface area contributed by atoms with Crippen molar-refractivity contribution in [3.8, 4) is 6.07 Å². The van der Waals surface area contributed by atoms with Crippen LogP contribution in [-0.4, -0.2) is 26.2 Å². The van der Waals surface area contributed by atoms with Crippen molar-refractivity contribution >= 4 is 10.0 Å². The van der Waals surface area contributed by atoms with E-state index in [4.69, 9.17) is 10.4 Å². The molecule has 1 rings (SSSR count). The largest absolute Gasteiger partial charge is 0.395 e. The average molecular weight is 268 g/mol. The molecule has 0 aliphatic rings. The third kappa shape index (κ3) is 3.53. The first-order chi connectivity index (χ1) is 8.40. The third-order valence-corrected chi connectivity index (χ3v) is 4.07. The molecule has 6 heteroatoms. The zero-order chi connectivity index (χ0) is 13.8. The minimum absolute atomic E-state index is 0.0241. The molecule has 2 N–H and O–H groups in total. The van der Waals surface area contributed by atoms with Crippen LogP contribution in [0, 0.1) is 17.2 Å². The van der Waals surface area contributed by atoms with E-state index in [0.717, 1.165) is 0 Å². The summed E-state index contributed by atoms with van der Waals surface area (Å²) in [6.45, 7) is 3.36. The number of rotatable bonds is 5. The molecule has 0 aliphatic carbocycles. The van der Waals surface area contributed by atoms with Crippen molar-refractivity contribution in [2.45, 2.75) is 24.8 Å². The summed E-state index contributed by atoms with van der Waals surface area (Å²) in [5, 5.41) is 17.9. The van der Waals surface area contributed by atoms with Gasteiger partial charge < -0.3 is 5.11 Å². The van der Waals surface area contributed by atoms with E-state index < -0.39 is 16.1 Å². The molecule has 0 saturated heterocycles. The second-order valence-corrected chi connectivity index (χ2v) is 6.01. The smallest absolute Gasteiger partial charge is 0.240 e. The third-order valence-electron chi connectivity index (χ3n) is 2.58. The SMILES string of the molecule is CC(C)[C@@H](CO)NS(=O)(=O)c1cccc(C#N)c1. The van der Waals surface area contributed by atoms with Crippen LogP contribution < -0.4 is 4.72 Å². The van der Waals surface area contributed by atoms with Crippen molar-refractivity contribution < 1.29 is 13.5 Å². The van der Waals surface area contributed by atoms with Crippen LogP contribution in [0.25, 0.3) is 0 Å². The van der Waals surface area contributed by atoms with Gasteiger partial charge in [0, 0.05) is 6.04 Å². The number of aliphatic hydroxyl groups is 1. The standard InChI is InChI=1S/C12H16N2O3S/c1-9(2)12(8-15)14-18(16,17)11-5-3-4-10(6-11)7-13/h3-6,9,12,14-15H,8H2,1-2H3/t12-/m1/s1. The highest BCUT2D eigenvalue weighted by Crippen LogP contribution is 2.13. The molecule has 0 aliphatic heterocycles. The summed E-state index contributed by atoms with van der Waals surface area (Å²) in [4.78, 5) is 0.0284. The Morgan fingerprint density at radius 2 is 2.11 bits per heavy atom. The number of benzene rings is 1. The van der Waals surface area contributed by atoms with Crippen molar-refractivity contribution in [1.29, 1.82) is 5.26 Å². The monoisotopic (exact) mass is 268 g/mol. The van der Waals surface area contributed by atoms with Gasteiger partial charge in [0.2, 0.25) is 10.0 Å². The number of sulfonamides is 1. The first kappa shape index (κ1) is 14.6. The summed E-state index contributed by atoms with van der Waals surface area (Å²) in [6.07, 6.45) is 0. The van der Waals surface area contributed by atoms with Gasteiger partial charge in [0.05, 0.1) is 23.1 Å². The fourth-order valence-corrected chi connectivity index (χ4v) is 2.81. The molecule has 18 heavy (non-hydrogen) atoms. The molecule has 0 spiro atoms. The van der Waals surface area contributed by atoms with E-state index in [9.17, 15) is 8.42 Å². The van der Waals surface area contributed by atoms with E-state index in [1.54, 1.807) is 0 Å². The molecule has 1 aromatic carbocycles. The Kier molecular flexibility index (Phi) is 4.84. The minimum Gasteiger partial charge on any atom is -0.395 e. The summed E-state index contributed by atoms with van der Waals surface area (Å²) in [7, 11) is -3.71. The fourth-order valence-electron chi connectivity index (χ4n) is 1.38. The number of aliphatic hydroxyl groups excluding tert-OH is 1. The van der Waals surface area contributed by atoms with Crippen LogP contribution in [-0.2, 0) is 10.0 Å². The Balaban J connectivity index is 3.03. The van der Waals surface area contributed by atoms with Gasteiger partial charge in [-0.15, -0.1) is 0 Å². The highest BCUT2D eigenvalue weighted by atomic mass is 32.2. The van der Waals surface area contributed by atoms with Gasteiger partial charge in [-0.1, -0.05) is 19.9 Å². The van der Waals surface area contributed by atoms with Crippen molar-refractivity contribution in [3.05, 3.63) is 29.8 Å². The van der Waals surface area contributed by atoms with Crippen LogP contribution in [0.3, 0.4) is 0 Å². The first-order valence-corrected chi connectivity index (χ1v) is 7.02. The van der Waals surface area contributed by atoms with Gasteiger partial charge in [0.15, 0.2) is 0 Å². The maximum Gasteiger partial charge on any atom is 0.240 e. The predicted octanol–water partition coefficient (Wildman–Crippen LogP) is 0.853. The lowest BCUT2D eigenvalue weighted by Gasteiger charge is -2.19. The molecule has 98 valence electrons. The van der Waals surface area contributed by atoms with Gasteiger partial charge in [-0.05, 0) is 24.1 Å². The molecular formula is C12H16N2O3S. The van der Waals surface area contributed by atoms with Crippen molar-refractivity contribution in [2.24, 2.45) is 5.92 Å². The van der Waals surface area contributed by atoms with Crippen LogP contribution >= 0.6 is 0 Å². The molecule has 0 amide bonds. The van der Waals surface area contributed by atoms with Crippen LogP contribution in [0.4, 0.5) is 0 Å². The lowest BCUT2D eigenvalue weighted by atomic mass is 10.1. The zero-order valence-corrected chi connectivity index (χ0v) is 11.1. The molecule has 0 heterocycles. The van der Waals surface area contributed by atoms with E-state index in [1.807, 2.05) is 19.9 Å². The van der Waals surface area contributed by atoms with Gasteiger partial charge in [-0.25, -0.2) is 13.1 Å². The molecule has 1 atom stereocenters. The molecule has 0 saturated carbocycles. The summed E-state index contributed by atoms with van der Waals surface area (Å²) < 4.78 is 26.5. The van der Waals surface area contributed by atoms with E-state index in [2.05, 4.69) is 4.72 Å². The van der Waals surface area contributed by atoms with E-state index >= 15 is 0 Å². The fraction of sp³-hybridized carbons (Fsp3) is 0.417. The van der Waals surface area contributed by atoms with Crippen LogP contribution in [0.15, 0.2) is 29.2 Å². The molecule has 0 bridgehead atoms.